The van der Waals surface area contributed by atoms with Gasteiger partial charge < -0.3 is 5.11 Å². The average molecular weight is 475 g/mol. The lowest BCUT2D eigenvalue weighted by molar-refractivity contribution is -0.132. The van der Waals surface area contributed by atoms with E-state index in [1.807, 2.05) is 24.3 Å². The van der Waals surface area contributed by atoms with Crippen LogP contribution >= 0.6 is 22.9 Å². The fourth-order valence-electron chi connectivity index (χ4n) is 4.02. The number of carbonyl (C=O) groups excluding carboxylic acids is 2. The monoisotopic (exact) mass is 474 g/mol. The van der Waals surface area contributed by atoms with Crippen molar-refractivity contribution in [3.63, 3.8) is 0 Å². The van der Waals surface area contributed by atoms with Crippen molar-refractivity contribution in [2.24, 2.45) is 0 Å². The Morgan fingerprint density at radius 1 is 1.06 bits per heavy atom. The van der Waals surface area contributed by atoms with E-state index in [0.29, 0.717) is 21.3 Å². The molecule has 0 radical (unpaired) electrons. The largest absolute Gasteiger partial charge is 0.507 e. The molecular formula is C26H19ClN2O3S. The van der Waals surface area contributed by atoms with Crippen molar-refractivity contribution in [1.82, 2.24) is 4.98 Å². The molecule has 0 saturated carbocycles. The molecule has 0 unspecified atom stereocenters. The van der Waals surface area contributed by atoms with Crippen LogP contribution in [0.1, 0.15) is 29.7 Å². The van der Waals surface area contributed by atoms with Crippen molar-refractivity contribution in [2.75, 3.05) is 4.90 Å². The number of amides is 1. The molecule has 1 saturated heterocycles. The maximum Gasteiger partial charge on any atom is 0.301 e. The number of carbonyl (C=O) groups is 2. The Morgan fingerprint density at radius 2 is 1.79 bits per heavy atom. The van der Waals surface area contributed by atoms with Gasteiger partial charge >= 0.3 is 5.91 Å². The van der Waals surface area contributed by atoms with Crippen molar-refractivity contribution >= 4 is 55.7 Å². The molecule has 3 aromatic carbocycles. The summed E-state index contributed by atoms with van der Waals surface area (Å²) >= 11 is 7.44. The van der Waals surface area contributed by atoms with Gasteiger partial charge in [-0.3, -0.25) is 14.5 Å². The van der Waals surface area contributed by atoms with E-state index in [-0.39, 0.29) is 11.3 Å². The highest BCUT2D eigenvalue weighted by Gasteiger charge is 2.48. The fourth-order valence-corrected chi connectivity index (χ4v) is 5.20. The second-order valence-electron chi connectivity index (χ2n) is 7.74. The molecule has 4 aromatic rings. The van der Waals surface area contributed by atoms with Crippen LogP contribution in [0.2, 0.25) is 5.02 Å². The van der Waals surface area contributed by atoms with Gasteiger partial charge in [0, 0.05) is 10.6 Å². The van der Waals surface area contributed by atoms with Gasteiger partial charge in [0.1, 0.15) is 5.76 Å². The van der Waals surface area contributed by atoms with Crippen LogP contribution in [-0.2, 0) is 16.0 Å². The van der Waals surface area contributed by atoms with Gasteiger partial charge in [-0.1, -0.05) is 78.4 Å². The third-order valence-corrected chi connectivity index (χ3v) is 7.00. The summed E-state index contributed by atoms with van der Waals surface area (Å²) in [5.74, 6) is -1.68. The number of halogens is 1. The predicted octanol–water partition coefficient (Wildman–Crippen LogP) is 6.14. The van der Waals surface area contributed by atoms with Crippen molar-refractivity contribution < 1.29 is 14.7 Å². The number of nitrogens with zero attached hydrogens (tertiary/aromatic N) is 2. The van der Waals surface area contributed by atoms with Gasteiger partial charge in [0.15, 0.2) is 5.13 Å². The molecule has 5 rings (SSSR count). The Bertz CT molecular complexity index is 1410. The van der Waals surface area contributed by atoms with E-state index in [4.69, 9.17) is 11.6 Å². The van der Waals surface area contributed by atoms with Gasteiger partial charge in [-0.25, -0.2) is 4.98 Å². The number of benzene rings is 3. The molecule has 1 N–H and O–H groups in total. The zero-order valence-electron chi connectivity index (χ0n) is 17.7. The van der Waals surface area contributed by atoms with E-state index >= 15 is 0 Å². The number of thiazole rings is 1. The molecule has 1 amide bonds. The van der Waals surface area contributed by atoms with E-state index in [1.54, 1.807) is 48.5 Å². The van der Waals surface area contributed by atoms with E-state index in [9.17, 15) is 14.7 Å². The summed E-state index contributed by atoms with van der Waals surface area (Å²) < 4.78 is 0.934. The highest BCUT2D eigenvalue weighted by atomic mass is 35.5. The smallest absolute Gasteiger partial charge is 0.301 e. The van der Waals surface area contributed by atoms with Crippen molar-refractivity contribution in [2.45, 2.75) is 19.4 Å². The first-order chi connectivity index (χ1) is 16.0. The van der Waals surface area contributed by atoms with Gasteiger partial charge in [0.25, 0.3) is 5.78 Å². The first kappa shape index (κ1) is 21.4. The fraction of sp³-hybridized carbons (Fsp3) is 0.115. The molecule has 2 heterocycles. The van der Waals surface area contributed by atoms with Crippen LogP contribution in [0, 0.1) is 0 Å². The molecule has 7 heteroatoms. The SMILES string of the molecule is CCc1ccc2nc(N3C(=O)C(=O)C(=C(O)c4ccccc4)[C@H]3c3ccc(Cl)cc3)sc2c1. The first-order valence-electron chi connectivity index (χ1n) is 10.5. The summed E-state index contributed by atoms with van der Waals surface area (Å²) in [7, 11) is 0. The number of rotatable bonds is 4. The topological polar surface area (TPSA) is 70.5 Å². The normalized spacial score (nSPS) is 17.8. The highest BCUT2D eigenvalue weighted by molar-refractivity contribution is 7.22. The lowest BCUT2D eigenvalue weighted by Crippen LogP contribution is -2.29. The molecule has 1 aromatic heterocycles. The lowest BCUT2D eigenvalue weighted by Gasteiger charge is -2.23. The summed E-state index contributed by atoms with van der Waals surface area (Å²) in [6.45, 7) is 2.08. The molecule has 5 nitrogen and oxygen atoms in total. The molecule has 1 aliphatic rings. The Morgan fingerprint density at radius 3 is 2.48 bits per heavy atom. The number of aryl methyl sites for hydroxylation is 1. The minimum absolute atomic E-state index is 0.0297. The second-order valence-corrected chi connectivity index (χ2v) is 9.18. The van der Waals surface area contributed by atoms with Gasteiger partial charge in [-0.15, -0.1) is 0 Å². The molecule has 164 valence electrons. The summed E-state index contributed by atoms with van der Waals surface area (Å²) in [5.41, 5.74) is 3.07. The summed E-state index contributed by atoms with van der Waals surface area (Å²) in [6, 6.07) is 20.8. The van der Waals surface area contributed by atoms with E-state index in [2.05, 4.69) is 11.9 Å². The number of hydrogen-bond donors (Lipinski definition) is 1. The molecular weight excluding hydrogens is 456 g/mol. The third-order valence-electron chi connectivity index (χ3n) is 5.73. The Hall–Kier alpha value is -3.48. The maximum atomic E-state index is 13.3. The van der Waals surface area contributed by atoms with E-state index < -0.39 is 17.7 Å². The Balaban J connectivity index is 1.72. The number of fused-ring (bicyclic) bond motifs is 1. The van der Waals surface area contributed by atoms with Gasteiger partial charge in [0.05, 0.1) is 21.8 Å². The van der Waals surface area contributed by atoms with E-state index in [1.165, 1.54) is 16.2 Å². The average Bonchev–Trinajstić information content (AvgIpc) is 3.37. The lowest BCUT2D eigenvalue weighted by atomic mass is 9.95. The van der Waals surface area contributed by atoms with Crippen molar-refractivity contribution in [1.29, 1.82) is 0 Å². The van der Waals surface area contributed by atoms with Crippen LogP contribution in [-0.4, -0.2) is 21.8 Å². The van der Waals surface area contributed by atoms with Crippen LogP contribution in [0.4, 0.5) is 5.13 Å². The molecule has 0 spiro atoms. The predicted molar refractivity (Wildman–Crippen MR) is 132 cm³/mol. The van der Waals surface area contributed by atoms with Gasteiger partial charge in [-0.2, -0.15) is 0 Å². The first-order valence-corrected chi connectivity index (χ1v) is 11.7. The number of aromatic nitrogens is 1. The van der Waals surface area contributed by atoms with Crippen LogP contribution in [0.3, 0.4) is 0 Å². The van der Waals surface area contributed by atoms with Crippen LogP contribution in [0.5, 0.6) is 0 Å². The number of aliphatic hydroxyl groups is 1. The van der Waals surface area contributed by atoms with Gasteiger partial charge in [-0.05, 0) is 41.8 Å². The van der Waals surface area contributed by atoms with E-state index in [0.717, 1.165) is 22.2 Å². The summed E-state index contributed by atoms with van der Waals surface area (Å²) in [4.78, 5) is 32.5. The molecule has 1 fully saturated rings. The zero-order valence-corrected chi connectivity index (χ0v) is 19.2. The number of hydrogen-bond acceptors (Lipinski definition) is 5. The molecule has 0 aliphatic carbocycles. The number of Topliss-reactive ketones (excluding diaryl/α,β-unsaturated/α-hetero) is 1. The maximum absolute atomic E-state index is 13.3. The highest BCUT2D eigenvalue weighted by Crippen LogP contribution is 2.44. The third kappa shape index (κ3) is 3.71. The van der Waals surface area contributed by atoms with Crippen molar-refractivity contribution in [3.8, 4) is 0 Å². The Kier molecular flexibility index (Phi) is 5.48. The molecule has 0 bridgehead atoms. The Labute approximate surface area is 199 Å². The van der Waals surface area contributed by atoms with Crippen LogP contribution in [0.25, 0.3) is 16.0 Å². The van der Waals surface area contributed by atoms with Gasteiger partial charge in [0.2, 0.25) is 0 Å². The van der Waals surface area contributed by atoms with Crippen LogP contribution < -0.4 is 4.90 Å². The molecule has 1 atom stereocenters. The van der Waals surface area contributed by atoms with Crippen molar-refractivity contribution in [3.05, 3.63) is 100 Å². The zero-order chi connectivity index (χ0) is 23.1. The number of ketones is 1. The van der Waals surface area contributed by atoms with Crippen LogP contribution in [0.15, 0.2) is 78.4 Å². The molecule has 1 aliphatic heterocycles. The molecule has 33 heavy (non-hydrogen) atoms. The number of anilines is 1. The summed E-state index contributed by atoms with van der Waals surface area (Å²) in [6.07, 6.45) is 0.884. The minimum Gasteiger partial charge on any atom is -0.507 e. The quantitative estimate of drug-likeness (QED) is 0.219. The number of aliphatic hydroxyl groups excluding tert-OH is 1. The summed E-state index contributed by atoms with van der Waals surface area (Å²) in [5, 5.41) is 12.0. The standard InChI is InChI=1S/C26H19ClN2O3S/c1-2-15-8-13-19-20(14-15)33-26(28-19)29-22(16-9-11-18(27)12-10-16)21(24(31)25(29)32)23(30)17-6-4-3-5-7-17/h3-14,22,30H,2H2,1H3/t22-/m1/s1. The minimum atomic E-state index is -0.825. The second kappa shape index (κ2) is 8.46.